The van der Waals surface area contributed by atoms with Gasteiger partial charge < -0.3 is 10.4 Å². The molecule has 2 amide bonds. The van der Waals surface area contributed by atoms with Crippen LogP contribution in [0.3, 0.4) is 0 Å². The molecule has 0 radical (unpaired) electrons. The van der Waals surface area contributed by atoms with Gasteiger partial charge in [0.05, 0.1) is 17.1 Å². The van der Waals surface area contributed by atoms with E-state index in [0.29, 0.717) is 0 Å². The van der Waals surface area contributed by atoms with Crippen LogP contribution in [0.15, 0.2) is 53.6 Å². The quantitative estimate of drug-likeness (QED) is 0.670. The third kappa shape index (κ3) is 4.37. The van der Waals surface area contributed by atoms with Crippen molar-refractivity contribution in [1.82, 2.24) is 15.0 Å². The Morgan fingerprint density at radius 3 is 2.33 bits per heavy atom. The lowest BCUT2D eigenvalue weighted by molar-refractivity contribution is 0.0936. The van der Waals surface area contributed by atoms with Gasteiger partial charge in [-0.15, -0.1) is 0 Å². The Balaban J connectivity index is 2.09. The number of benzene rings is 1. The van der Waals surface area contributed by atoms with Crippen LogP contribution in [0.25, 0.3) is 0 Å². The number of sulfonamides is 1. The Morgan fingerprint density at radius 2 is 1.75 bits per heavy atom. The van der Waals surface area contributed by atoms with E-state index in [9.17, 15) is 18.0 Å². The third-order valence-electron chi connectivity index (χ3n) is 2.94. The van der Waals surface area contributed by atoms with Crippen LogP contribution in [0.5, 0.6) is 0 Å². The second kappa shape index (κ2) is 7.66. The number of amides is 2. The number of hydrogen-bond acceptors (Lipinski definition) is 6. The Kier molecular flexibility index (Phi) is 5.61. The van der Waals surface area contributed by atoms with Gasteiger partial charge in [0, 0.05) is 12.7 Å². The first-order valence-corrected chi connectivity index (χ1v) is 8.39. The summed E-state index contributed by atoms with van der Waals surface area (Å²) in [5, 5.41) is 11.0. The molecule has 126 valence electrons. The van der Waals surface area contributed by atoms with Gasteiger partial charge in [-0.25, -0.2) is 13.1 Å². The molecule has 1 heterocycles. The predicted octanol–water partition coefficient (Wildman–Crippen LogP) is -0.0776. The molecule has 9 heteroatoms. The SMILES string of the molecule is O=C(NS(=O)(=O)c1ccccc1)c1ccc(C(=O)NCCO)nc1. The number of carbonyl (C=O) groups is 2. The number of rotatable bonds is 6. The van der Waals surface area contributed by atoms with Crippen LogP contribution in [0.2, 0.25) is 0 Å². The maximum absolute atomic E-state index is 12.1. The van der Waals surface area contributed by atoms with Crippen LogP contribution < -0.4 is 10.0 Å². The van der Waals surface area contributed by atoms with E-state index in [1.54, 1.807) is 18.2 Å². The first kappa shape index (κ1) is 17.6. The van der Waals surface area contributed by atoms with Gasteiger partial charge in [0.15, 0.2) is 0 Å². The largest absolute Gasteiger partial charge is 0.395 e. The molecule has 0 spiro atoms. The minimum absolute atomic E-state index is 0.00628. The molecule has 8 nitrogen and oxygen atoms in total. The minimum Gasteiger partial charge on any atom is -0.395 e. The van der Waals surface area contributed by atoms with E-state index in [1.807, 2.05) is 4.72 Å². The summed E-state index contributed by atoms with van der Waals surface area (Å²) in [7, 11) is -3.98. The topological polar surface area (TPSA) is 125 Å². The normalized spacial score (nSPS) is 10.9. The predicted molar refractivity (Wildman–Crippen MR) is 84.8 cm³/mol. The van der Waals surface area contributed by atoms with Crippen molar-refractivity contribution >= 4 is 21.8 Å². The smallest absolute Gasteiger partial charge is 0.269 e. The average molecular weight is 349 g/mol. The lowest BCUT2D eigenvalue weighted by atomic mass is 10.2. The van der Waals surface area contributed by atoms with Gasteiger partial charge in [-0.3, -0.25) is 14.6 Å². The van der Waals surface area contributed by atoms with Gasteiger partial charge >= 0.3 is 0 Å². The van der Waals surface area contributed by atoms with Crippen molar-refractivity contribution in [2.24, 2.45) is 0 Å². The van der Waals surface area contributed by atoms with E-state index in [1.165, 1.54) is 24.3 Å². The summed E-state index contributed by atoms with van der Waals surface area (Å²) in [5.41, 5.74) is 0.0409. The highest BCUT2D eigenvalue weighted by molar-refractivity contribution is 7.90. The maximum Gasteiger partial charge on any atom is 0.269 e. The van der Waals surface area contributed by atoms with Crippen molar-refractivity contribution < 1.29 is 23.1 Å². The van der Waals surface area contributed by atoms with Crippen molar-refractivity contribution in [3.8, 4) is 0 Å². The van der Waals surface area contributed by atoms with Gasteiger partial charge in [0.1, 0.15) is 5.69 Å². The molecular formula is C15H15N3O5S. The molecule has 0 atom stereocenters. The fourth-order valence-electron chi connectivity index (χ4n) is 1.76. The van der Waals surface area contributed by atoms with Crippen molar-refractivity contribution in [3.05, 3.63) is 59.9 Å². The summed E-state index contributed by atoms with van der Waals surface area (Å²) in [6, 6.07) is 10.0. The Bertz CT molecular complexity index is 820. The summed E-state index contributed by atoms with van der Waals surface area (Å²) >= 11 is 0. The van der Waals surface area contributed by atoms with Crippen LogP contribution >= 0.6 is 0 Å². The summed E-state index contributed by atoms with van der Waals surface area (Å²) in [5.74, 6) is -1.36. The number of hydrogen-bond donors (Lipinski definition) is 3. The standard InChI is InChI=1S/C15H15N3O5S/c19-9-8-16-15(21)13-7-6-11(10-17-13)14(20)18-24(22,23)12-4-2-1-3-5-12/h1-7,10,19H,8-9H2,(H,16,21)(H,18,20). The number of nitrogens with one attached hydrogen (secondary N) is 2. The zero-order chi connectivity index (χ0) is 17.6. The zero-order valence-corrected chi connectivity index (χ0v) is 13.3. The molecule has 1 aromatic carbocycles. The van der Waals surface area contributed by atoms with E-state index < -0.39 is 21.8 Å². The number of carbonyl (C=O) groups excluding carboxylic acids is 2. The lowest BCUT2D eigenvalue weighted by Gasteiger charge is -2.07. The molecule has 24 heavy (non-hydrogen) atoms. The summed E-state index contributed by atoms with van der Waals surface area (Å²) in [4.78, 5) is 27.4. The molecule has 2 aromatic rings. The molecule has 0 unspecified atom stereocenters. The molecule has 0 aliphatic heterocycles. The Morgan fingerprint density at radius 1 is 1.04 bits per heavy atom. The minimum atomic E-state index is -3.98. The molecule has 0 fully saturated rings. The van der Waals surface area contributed by atoms with Crippen molar-refractivity contribution in [1.29, 1.82) is 0 Å². The molecule has 3 N–H and O–H groups in total. The number of aromatic nitrogens is 1. The van der Waals surface area contributed by atoms with E-state index >= 15 is 0 Å². The monoisotopic (exact) mass is 349 g/mol. The van der Waals surface area contributed by atoms with Crippen molar-refractivity contribution in [2.45, 2.75) is 4.90 Å². The van der Waals surface area contributed by atoms with E-state index in [-0.39, 0.29) is 29.3 Å². The van der Waals surface area contributed by atoms with Gasteiger partial charge in [-0.2, -0.15) is 0 Å². The second-order valence-electron chi connectivity index (χ2n) is 4.66. The number of aliphatic hydroxyl groups excluding tert-OH is 1. The first-order valence-electron chi connectivity index (χ1n) is 6.91. The molecule has 0 saturated carbocycles. The van der Waals surface area contributed by atoms with Crippen LogP contribution in [0.4, 0.5) is 0 Å². The van der Waals surface area contributed by atoms with Gasteiger partial charge in [0.2, 0.25) is 0 Å². The van der Waals surface area contributed by atoms with Gasteiger partial charge in [0.25, 0.3) is 21.8 Å². The third-order valence-corrected chi connectivity index (χ3v) is 4.28. The number of aliphatic hydroxyl groups is 1. The number of pyridine rings is 1. The average Bonchev–Trinajstić information content (AvgIpc) is 2.60. The fraction of sp³-hybridized carbons (Fsp3) is 0.133. The van der Waals surface area contributed by atoms with Crippen LogP contribution in [0, 0.1) is 0 Å². The zero-order valence-electron chi connectivity index (χ0n) is 12.5. The van der Waals surface area contributed by atoms with E-state index in [0.717, 1.165) is 6.20 Å². The summed E-state index contributed by atoms with van der Waals surface area (Å²) in [6.07, 6.45) is 1.10. The molecule has 0 saturated heterocycles. The molecule has 1 aromatic heterocycles. The Hall–Kier alpha value is -2.78. The molecule has 0 bridgehead atoms. The van der Waals surface area contributed by atoms with Gasteiger partial charge in [-0.1, -0.05) is 18.2 Å². The van der Waals surface area contributed by atoms with E-state index in [2.05, 4.69) is 10.3 Å². The van der Waals surface area contributed by atoms with Crippen molar-refractivity contribution in [3.63, 3.8) is 0 Å². The highest BCUT2D eigenvalue weighted by atomic mass is 32.2. The van der Waals surface area contributed by atoms with Gasteiger partial charge in [-0.05, 0) is 24.3 Å². The van der Waals surface area contributed by atoms with Crippen molar-refractivity contribution in [2.75, 3.05) is 13.2 Å². The highest BCUT2D eigenvalue weighted by Crippen LogP contribution is 2.09. The highest BCUT2D eigenvalue weighted by Gasteiger charge is 2.19. The summed E-state index contributed by atoms with van der Waals surface area (Å²) < 4.78 is 26.1. The molecular weight excluding hydrogens is 334 g/mol. The number of nitrogens with zero attached hydrogens (tertiary/aromatic N) is 1. The second-order valence-corrected chi connectivity index (χ2v) is 6.34. The van der Waals surface area contributed by atoms with Crippen LogP contribution in [-0.4, -0.2) is 43.5 Å². The lowest BCUT2D eigenvalue weighted by Crippen LogP contribution is -2.31. The fourth-order valence-corrected chi connectivity index (χ4v) is 2.76. The molecule has 0 aliphatic rings. The maximum atomic E-state index is 12.1. The summed E-state index contributed by atoms with van der Waals surface area (Å²) in [6.45, 7) is -0.123. The van der Waals surface area contributed by atoms with E-state index in [4.69, 9.17) is 5.11 Å². The Labute approximate surface area is 138 Å². The van der Waals surface area contributed by atoms with Crippen LogP contribution in [0.1, 0.15) is 20.8 Å². The molecule has 2 rings (SSSR count). The molecule has 0 aliphatic carbocycles. The van der Waals surface area contributed by atoms with Crippen LogP contribution in [-0.2, 0) is 10.0 Å². The first-order chi connectivity index (χ1) is 11.4.